The molecule has 32 heteroatoms. The van der Waals surface area contributed by atoms with Gasteiger partial charge in [0.05, 0.1) is 80.0 Å². The first-order valence-corrected chi connectivity index (χ1v) is 48.2. The van der Waals surface area contributed by atoms with Crippen LogP contribution < -0.4 is 56.6 Å². The van der Waals surface area contributed by atoms with Gasteiger partial charge in [0.2, 0.25) is 17.7 Å². The van der Waals surface area contributed by atoms with Crippen LogP contribution in [0.4, 0.5) is 31.4 Å². The summed E-state index contributed by atoms with van der Waals surface area (Å²) in [7, 11) is 2.03. The van der Waals surface area contributed by atoms with Gasteiger partial charge in [-0.1, -0.05) is 135 Å². The van der Waals surface area contributed by atoms with Gasteiger partial charge >= 0.3 is 18.2 Å². The zero-order chi connectivity index (χ0) is 84.8. The predicted molar refractivity (Wildman–Crippen MR) is 455 cm³/mol. The number of amides is 11. The van der Waals surface area contributed by atoms with Crippen LogP contribution in [0.15, 0.2) is 72.8 Å². The summed E-state index contributed by atoms with van der Waals surface area (Å²) < 4.78 is 49.5. The molecule has 11 amide bonds. The van der Waals surface area contributed by atoms with Gasteiger partial charge in [-0.15, -0.1) is 0 Å². The Morgan fingerprint density at radius 2 is 1.23 bits per heavy atom. The first-order valence-electron chi connectivity index (χ1n) is 40.1. The molecule has 0 unspecified atom stereocenters. The standard InChI is InChI=1S/C83H126N10O18S2Si2/c1-19-112-113-83(36-27-37-83)53-109-79(103)89-63-45-67(65(104-13)43-60(63)75(99)92-48-55(4)42-58(92)50-110-114(15,16)80(5,6)7)106-40-24-21-25-41-107-68-46-64(61(44-66(68)105-14)76(100)93-52-82(11,12)47-59(93)51-111-115(17,18)81(8,9)10)88-78(102)108-49-56-30-32-57(33-31-56)86-73(97)62(28-26-38-85-77(84)101)87-74(98)72(54(2)3)90-69(94)29-22-20-23-39-91-70(95)34-35-71(91)96/h30-35,43-46,54,58-59,62,72H,4,19-29,36-42,47-53H2,1-3,5-18H3,(H,86,97)(H,87,98)(H,88,102)(H,89,103)(H,90,94)(H3,84,85,101)/t58-,59-,62-,72-/m0/s1. The Labute approximate surface area is 689 Å². The van der Waals surface area contributed by atoms with Gasteiger partial charge in [0.1, 0.15) is 25.3 Å². The minimum absolute atomic E-state index is 0.0437. The van der Waals surface area contributed by atoms with Crippen LogP contribution in [0.2, 0.25) is 36.3 Å². The van der Waals surface area contributed by atoms with E-state index in [-0.39, 0.29) is 161 Å². The molecule has 2 saturated heterocycles. The van der Waals surface area contributed by atoms with E-state index < -0.39 is 58.8 Å². The van der Waals surface area contributed by atoms with Gasteiger partial charge in [-0.2, -0.15) is 0 Å². The Kier molecular flexibility index (Phi) is 34.4. The fourth-order valence-electron chi connectivity index (χ4n) is 13.1. The Morgan fingerprint density at radius 1 is 0.678 bits per heavy atom. The second kappa shape index (κ2) is 42.2. The molecule has 4 atom stereocenters. The van der Waals surface area contributed by atoms with Gasteiger partial charge in [-0.3, -0.25) is 49.1 Å². The van der Waals surface area contributed by atoms with E-state index in [1.807, 2.05) is 4.90 Å². The second-order valence-electron chi connectivity index (χ2n) is 34.4. The average molecular weight is 1670 g/mol. The molecule has 4 aliphatic rings. The number of hydrogen-bond acceptors (Lipinski definition) is 20. The number of imide groups is 1. The number of likely N-dealkylation sites (tertiary alicyclic amines) is 2. The number of benzene rings is 3. The van der Waals surface area contributed by atoms with E-state index in [0.29, 0.717) is 100 Å². The third-order valence-corrected chi connectivity index (χ3v) is 34.5. The Hall–Kier alpha value is -8.31. The van der Waals surface area contributed by atoms with Crippen molar-refractivity contribution < 1.29 is 85.2 Å². The van der Waals surface area contributed by atoms with Gasteiger partial charge in [-0.25, -0.2) is 14.4 Å². The molecule has 1 saturated carbocycles. The topological polar surface area (TPSA) is 352 Å². The minimum Gasteiger partial charge on any atom is -0.493 e. The number of rotatable bonds is 43. The van der Waals surface area contributed by atoms with Crippen LogP contribution in [0, 0.1) is 11.3 Å². The van der Waals surface area contributed by atoms with Crippen molar-refractivity contribution in [1.29, 1.82) is 0 Å². The molecule has 7 rings (SSSR count). The number of nitrogens with zero attached hydrogens (tertiary/aromatic N) is 3. The van der Waals surface area contributed by atoms with Crippen LogP contribution in [0.1, 0.15) is 192 Å². The van der Waals surface area contributed by atoms with E-state index >= 15 is 4.79 Å². The van der Waals surface area contributed by atoms with Crippen LogP contribution in [0.5, 0.6) is 23.0 Å². The summed E-state index contributed by atoms with van der Waals surface area (Å²) in [5.74, 6) is -1.37. The fraction of sp³-hybridized carbons (Fsp3) is 0.614. The van der Waals surface area contributed by atoms with Crippen molar-refractivity contribution in [1.82, 2.24) is 30.7 Å². The van der Waals surface area contributed by atoms with Gasteiger partial charge in [0.15, 0.2) is 39.6 Å². The van der Waals surface area contributed by atoms with Crippen molar-refractivity contribution >= 4 is 115 Å². The predicted octanol–water partition coefficient (Wildman–Crippen LogP) is 14.5. The van der Waals surface area contributed by atoms with Crippen molar-refractivity contribution in [3.63, 3.8) is 0 Å². The van der Waals surface area contributed by atoms with E-state index in [2.05, 4.69) is 127 Å². The SMILES string of the molecule is C=C1C[C@@H](CO[Si](C)(C)C(C)(C)C)N(C(=O)c2cc(OC)c(OCCCCCOc3cc(NC(=O)OCc4ccc(NC(=O)[C@H](CCCNC(N)=O)NC(=O)[C@@H](NC(=O)CCCCCN5C(=O)C=CC5=O)C(C)C)cc4)c(C(=O)N4CC(C)(C)C[C@H]4CO[Si](C)(C)C(C)(C)C)cc3OC)cc2NC(=O)OCC2(SSCC)CCC2)C1. The van der Waals surface area contributed by atoms with Crippen LogP contribution in [-0.4, -0.2) is 199 Å². The normalized spacial score (nSPS) is 17.2. The Bertz CT molecular complexity index is 3940. The van der Waals surface area contributed by atoms with Crippen molar-refractivity contribution in [3.8, 4) is 23.0 Å². The van der Waals surface area contributed by atoms with Crippen LogP contribution in [-0.2, 0) is 48.9 Å². The summed E-state index contributed by atoms with van der Waals surface area (Å²) >= 11 is 0. The van der Waals surface area contributed by atoms with Gasteiger partial charge < -0.3 is 74.1 Å². The first-order chi connectivity index (χ1) is 54.1. The van der Waals surface area contributed by atoms with E-state index in [0.717, 1.165) is 35.5 Å². The largest absolute Gasteiger partial charge is 0.493 e. The number of nitrogens with one attached hydrogen (secondary N) is 6. The number of carbonyl (C=O) groups excluding carboxylic acids is 10. The molecule has 3 aromatic rings. The van der Waals surface area contributed by atoms with Crippen molar-refractivity contribution in [2.45, 2.75) is 238 Å². The number of unbranched alkanes of at least 4 members (excludes halogenated alkanes) is 4. The van der Waals surface area contributed by atoms with Gasteiger partial charge in [0.25, 0.3) is 23.6 Å². The summed E-state index contributed by atoms with van der Waals surface area (Å²) in [6.45, 7) is 38.0. The van der Waals surface area contributed by atoms with E-state index in [1.54, 1.807) is 88.9 Å². The minimum atomic E-state index is -2.25. The van der Waals surface area contributed by atoms with E-state index in [1.165, 1.54) is 26.4 Å². The molecule has 3 fully saturated rings. The Morgan fingerprint density at radius 3 is 1.75 bits per heavy atom. The maximum absolute atomic E-state index is 15.2. The second-order valence-corrected chi connectivity index (χ2v) is 47.0. The molecule has 0 spiro atoms. The zero-order valence-electron chi connectivity index (χ0n) is 70.6. The maximum atomic E-state index is 15.2. The highest BCUT2D eigenvalue weighted by atomic mass is 33.1. The van der Waals surface area contributed by atoms with Crippen molar-refractivity contribution in [3.05, 3.63) is 89.5 Å². The summed E-state index contributed by atoms with van der Waals surface area (Å²) in [5, 5.41) is 16.5. The Balaban J connectivity index is 1.03. The molecule has 3 aromatic carbocycles. The highest BCUT2D eigenvalue weighted by Crippen LogP contribution is 2.50. The summed E-state index contributed by atoms with van der Waals surface area (Å²) in [6.07, 6.45) is 8.65. The molecule has 0 bridgehead atoms. The summed E-state index contributed by atoms with van der Waals surface area (Å²) in [4.78, 5) is 139. The number of nitrogens with two attached hydrogens (primary N) is 1. The molecule has 1 aliphatic carbocycles. The van der Waals surface area contributed by atoms with Gasteiger partial charge in [-0.05, 0) is 148 Å². The molecule has 3 aliphatic heterocycles. The number of ether oxygens (including phenoxy) is 6. The third-order valence-electron chi connectivity index (χ3n) is 22.2. The summed E-state index contributed by atoms with van der Waals surface area (Å²) in [5.41, 5.74) is 7.45. The third kappa shape index (κ3) is 27.4. The molecular weight excluding hydrogens is 1550 g/mol. The molecule has 3 heterocycles. The fourth-order valence-corrected chi connectivity index (χ4v) is 17.9. The highest BCUT2D eigenvalue weighted by Gasteiger charge is 2.46. The highest BCUT2D eigenvalue weighted by molar-refractivity contribution is 8.77. The zero-order valence-corrected chi connectivity index (χ0v) is 74.3. The average Bonchev–Trinajstić information content (AvgIpc) is 1.67. The first kappa shape index (κ1) is 93.9. The monoisotopic (exact) mass is 1670 g/mol. The number of methoxy groups -OCH3 is 2. The van der Waals surface area contributed by atoms with Crippen molar-refractivity contribution in [2.75, 3.05) is 95.1 Å². The lowest BCUT2D eigenvalue weighted by atomic mass is 9.85. The number of hydrogen-bond donors (Lipinski definition) is 7. The van der Waals surface area contributed by atoms with E-state index in [4.69, 9.17) is 43.0 Å². The quantitative estimate of drug-likeness (QED) is 0.00909. The maximum Gasteiger partial charge on any atom is 0.411 e. The lowest BCUT2D eigenvalue weighted by molar-refractivity contribution is -0.137. The van der Waals surface area contributed by atoms with Gasteiger partial charge in [0, 0.05) is 68.3 Å². The lowest BCUT2D eigenvalue weighted by Gasteiger charge is -2.39. The smallest absolute Gasteiger partial charge is 0.411 e. The molecular formula is C83H126N10O18S2Si2. The number of primary amides is 1. The lowest BCUT2D eigenvalue weighted by Crippen LogP contribution is -2.54. The molecule has 8 N–H and O–H groups in total. The molecule has 636 valence electrons. The number of carbonyl (C=O) groups is 10. The van der Waals surface area contributed by atoms with E-state index in [9.17, 15) is 43.2 Å². The molecule has 0 aromatic heterocycles. The molecule has 115 heavy (non-hydrogen) atoms. The van der Waals surface area contributed by atoms with Crippen LogP contribution >= 0.6 is 21.6 Å². The van der Waals surface area contributed by atoms with Crippen molar-refractivity contribution in [2.24, 2.45) is 17.1 Å². The number of urea groups is 1. The van der Waals surface area contributed by atoms with Crippen LogP contribution in [0.25, 0.3) is 0 Å². The molecule has 28 nitrogen and oxygen atoms in total. The van der Waals surface area contributed by atoms with Crippen LogP contribution in [0.3, 0.4) is 0 Å². The molecule has 0 radical (unpaired) electrons. The summed E-state index contributed by atoms with van der Waals surface area (Å²) in [6, 6.07) is 9.35. The number of anilines is 3.